The van der Waals surface area contributed by atoms with Gasteiger partial charge in [-0.15, -0.1) is 0 Å². The average molecular weight is 325 g/mol. The van der Waals surface area contributed by atoms with Crippen molar-refractivity contribution >= 4 is 26.1 Å². The molecule has 0 saturated carbocycles. The highest BCUT2D eigenvalue weighted by Crippen LogP contribution is 2.25. The summed E-state index contributed by atoms with van der Waals surface area (Å²) in [7, 11) is -3.16. The molecular formula is C11H21BrN2O2S. The molecule has 2 fully saturated rings. The molecule has 2 aliphatic rings. The van der Waals surface area contributed by atoms with Crippen molar-refractivity contribution in [2.24, 2.45) is 5.92 Å². The van der Waals surface area contributed by atoms with E-state index in [2.05, 4.69) is 15.9 Å². The van der Waals surface area contributed by atoms with E-state index in [1.807, 2.05) is 0 Å². The minimum absolute atomic E-state index is 0.536. The Balaban J connectivity index is 1.96. The molecule has 1 atom stereocenters. The summed E-state index contributed by atoms with van der Waals surface area (Å²) in [5.41, 5.74) is 0. The first kappa shape index (κ1) is 13.8. The fraction of sp³-hybridized carbons (Fsp3) is 1.00. The fourth-order valence-corrected chi connectivity index (χ4v) is 5.08. The molecule has 0 N–H and O–H groups in total. The molecule has 6 heteroatoms. The van der Waals surface area contributed by atoms with Crippen LogP contribution in [0.15, 0.2) is 0 Å². The average Bonchev–Trinajstić information content (AvgIpc) is 2.80. The van der Waals surface area contributed by atoms with E-state index >= 15 is 0 Å². The number of hydrogen-bond donors (Lipinski definition) is 0. The third kappa shape index (κ3) is 3.22. The highest BCUT2D eigenvalue weighted by molar-refractivity contribution is 9.09. The Kier molecular flexibility index (Phi) is 4.86. The van der Waals surface area contributed by atoms with Crippen LogP contribution in [0.1, 0.15) is 32.1 Å². The smallest absolute Gasteiger partial charge is 0.195 e. The summed E-state index contributed by atoms with van der Waals surface area (Å²) in [5, 5.41) is 0.968. The van der Waals surface area contributed by atoms with Crippen LogP contribution in [-0.2, 0) is 10.2 Å². The Morgan fingerprint density at radius 1 is 1.06 bits per heavy atom. The van der Waals surface area contributed by atoms with Crippen LogP contribution >= 0.6 is 15.9 Å². The third-order valence-corrected chi connectivity index (χ3v) is 6.19. The van der Waals surface area contributed by atoms with Gasteiger partial charge in [0.1, 0.15) is 0 Å². The zero-order chi connectivity index (χ0) is 12.3. The first-order chi connectivity index (χ1) is 8.14. The molecule has 0 radical (unpaired) electrons. The minimum atomic E-state index is -3.16. The lowest BCUT2D eigenvalue weighted by Crippen LogP contribution is -2.45. The molecule has 0 spiro atoms. The fourth-order valence-electron chi connectivity index (χ4n) is 2.66. The summed E-state index contributed by atoms with van der Waals surface area (Å²) in [4.78, 5) is 0. The molecule has 1 unspecified atom stereocenters. The first-order valence-electron chi connectivity index (χ1n) is 6.46. The molecule has 0 amide bonds. The number of halogens is 1. The van der Waals surface area contributed by atoms with Gasteiger partial charge in [0, 0.05) is 31.5 Å². The van der Waals surface area contributed by atoms with Crippen molar-refractivity contribution < 1.29 is 8.42 Å². The Bertz CT molecular complexity index is 341. The van der Waals surface area contributed by atoms with E-state index in [0.29, 0.717) is 32.1 Å². The van der Waals surface area contributed by atoms with E-state index in [4.69, 9.17) is 0 Å². The number of nitrogens with zero attached hydrogens (tertiary/aromatic N) is 2. The number of hydrogen-bond acceptors (Lipinski definition) is 2. The van der Waals surface area contributed by atoms with E-state index in [-0.39, 0.29) is 0 Å². The van der Waals surface area contributed by atoms with Crippen LogP contribution in [0.4, 0.5) is 0 Å². The zero-order valence-electron chi connectivity index (χ0n) is 10.1. The van der Waals surface area contributed by atoms with E-state index in [1.165, 1.54) is 0 Å². The quantitative estimate of drug-likeness (QED) is 0.740. The van der Waals surface area contributed by atoms with Gasteiger partial charge in [0.2, 0.25) is 0 Å². The molecule has 2 heterocycles. The molecule has 0 aliphatic carbocycles. The second-order valence-electron chi connectivity index (χ2n) is 4.96. The molecule has 2 saturated heterocycles. The molecule has 0 aromatic rings. The van der Waals surface area contributed by atoms with Crippen molar-refractivity contribution in [1.82, 2.24) is 8.61 Å². The van der Waals surface area contributed by atoms with Crippen LogP contribution in [-0.4, -0.2) is 48.5 Å². The van der Waals surface area contributed by atoms with Crippen molar-refractivity contribution in [1.29, 1.82) is 0 Å². The van der Waals surface area contributed by atoms with Crippen LogP contribution in [0.5, 0.6) is 0 Å². The molecule has 2 aliphatic heterocycles. The topological polar surface area (TPSA) is 40.6 Å². The van der Waals surface area contributed by atoms with Crippen LogP contribution in [0.3, 0.4) is 0 Å². The molecular weight excluding hydrogens is 304 g/mol. The maximum atomic E-state index is 12.4. The summed E-state index contributed by atoms with van der Waals surface area (Å²) in [5.74, 6) is 0.536. The van der Waals surface area contributed by atoms with Crippen LogP contribution in [0, 0.1) is 5.92 Å². The van der Waals surface area contributed by atoms with Gasteiger partial charge in [0.05, 0.1) is 0 Å². The predicted octanol–water partition coefficient (Wildman–Crippen LogP) is 1.82. The first-order valence-corrected chi connectivity index (χ1v) is 8.97. The summed E-state index contributed by atoms with van der Waals surface area (Å²) in [6.07, 6.45) is 5.28. The highest BCUT2D eigenvalue weighted by Gasteiger charge is 2.35. The molecule has 17 heavy (non-hydrogen) atoms. The van der Waals surface area contributed by atoms with Crippen molar-refractivity contribution in [3.63, 3.8) is 0 Å². The number of alkyl halides is 1. The van der Waals surface area contributed by atoms with Gasteiger partial charge in [-0.25, -0.2) is 0 Å². The molecule has 0 aromatic carbocycles. The van der Waals surface area contributed by atoms with Gasteiger partial charge in [0.15, 0.2) is 0 Å². The monoisotopic (exact) mass is 324 g/mol. The Labute approximate surface area is 113 Å². The molecule has 0 aromatic heterocycles. The number of piperidine rings is 1. The van der Waals surface area contributed by atoms with Gasteiger partial charge in [0.25, 0.3) is 10.2 Å². The predicted molar refractivity (Wildman–Crippen MR) is 72.4 cm³/mol. The van der Waals surface area contributed by atoms with Crippen molar-refractivity contribution in [2.75, 3.05) is 31.5 Å². The summed E-state index contributed by atoms with van der Waals surface area (Å²) in [6.45, 7) is 2.84. The van der Waals surface area contributed by atoms with E-state index in [1.54, 1.807) is 8.61 Å². The maximum absolute atomic E-state index is 12.4. The van der Waals surface area contributed by atoms with Crippen molar-refractivity contribution in [2.45, 2.75) is 32.1 Å². The second-order valence-corrected chi connectivity index (χ2v) is 7.68. The van der Waals surface area contributed by atoms with Crippen molar-refractivity contribution in [3.05, 3.63) is 0 Å². The van der Waals surface area contributed by atoms with Gasteiger partial charge >= 0.3 is 0 Å². The van der Waals surface area contributed by atoms with Crippen molar-refractivity contribution in [3.8, 4) is 0 Å². The maximum Gasteiger partial charge on any atom is 0.281 e. The summed E-state index contributed by atoms with van der Waals surface area (Å²) < 4.78 is 28.1. The Hall–Kier alpha value is 0.350. The van der Waals surface area contributed by atoms with E-state index in [9.17, 15) is 8.42 Å². The molecule has 0 bridgehead atoms. The lowest BCUT2D eigenvalue weighted by molar-refractivity contribution is 0.313. The van der Waals surface area contributed by atoms with Gasteiger partial charge in [-0.1, -0.05) is 22.4 Å². The van der Waals surface area contributed by atoms with Gasteiger partial charge in [-0.05, 0) is 31.6 Å². The third-order valence-electron chi connectivity index (χ3n) is 3.73. The number of rotatable bonds is 4. The van der Waals surface area contributed by atoms with Crippen LogP contribution < -0.4 is 0 Å². The lowest BCUT2D eigenvalue weighted by atomic mass is 10.1. The Morgan fingerprint density at radius 3 is 2.41 bits per heavy atom. The zero-order valence-corrected chi connectivity index (χ0v) is 12.5. The highest BCUT2D eigenvalue weighted by atomic mass is 79.9. The SMILES string of the molecule is O=S(=O)(N1CCCCC1)N1CCC(CCBr)C1. The normalized spacial score (nSPS) is 28.6. The van der Waals surface area contributed by atoms with E-state index < -0.39 is 10.2 Å². The largest absolute Gasteiger partial charge is 0.281 e. The van der Waals surface area contributed by atoms with Crippen LogP contribution in [0.25, 0.3) is 0 Å². The minimum Gasteiger partial charge on any atom is -0.195 e. The summed E-state index contributed by atoms with van der Waals surface area (Å²) >= 11 is 3.43. The van der Waals surface area contributed by atoms with Gasteiger partial charge in [-0.2, -0.15) is 17.0 Å². The van der Waals surface area contributed by atoms with Gasteiger partial charge in [-0.3, -0.25) is 0 Å². The van der Waals surface area contributed by atoms with Crippen LogP contribution in [0.2, 0.25) is 0 Å². The Morgan fingerprint density at radius 2 is 1.76 bits per heavy atom. The molecule has 100 valence electrons. The molecule has 2 rings (SSSR count). The molecule has 4 nitrogen and oxygen atoms in total. The second kappa shape index (κ2) is 5.99. The summed E-state index contributed by atoms with van der Waals surface area (Å²) in [6, 6.07) is 0. The van der Waals surface area contributed by atoms with E-state index in [0.717, 1.165) is 37.4 Å². The van der Waals surface area contributed by atoms with Gasteiger partial charge < -0.3 is 0 Å². The lowest BCUT2D eigenvalue weighted by Gasteiger charge is -2.30. The standard InChI is InChI=1S/C11H21BrN2O2S/c12-6-4-11-5-9-14(10-11)17(15,16)13-7-2-1-3-8-13/h11H,1-10H2.